The molecule has 3 rings (SSSR count). The average Bonchev–Trinajstić information content (AvgIpc) is 2.95. The lowest BCUT2D eigenvalue weighted by atomic mass is 10.1. The third-order valence-electron chi connectivity index (χ3n) is 6.20. The fourth-order valence-corrected chi connectivity index (χ4v) is 5.33. The van der Waals surface area contributed by atoms with Gasteiger partial charge in [-0.2, -0.15) is 4.31 Å². The Morgan fingerprint density at radius 2 is 1.77 bits per heavy atom. The summed E-state index contributed by atoms with van der Waals surface area (Å²) in [4.78, 5) is 27.5. The molecule has 1 heterocycles. The number of carbonyl (C=O) groups excluding carboxylic acids is 2. The van der Waals surface area contributed by atoms with E-state index in [1.165, 1.54) is 45.6 Å². The third kappa shape index (κ3) is 8.99. The Balaban J connectivity index is 1.64. The van der Waals surface area contributed by atoms with Crippen molar-refractivity contribution in [2.45, 2.75) is 37.8 Å². The molecule has 0 radical (unpaired) electrons. The van der Waals surface area contributed by atoms with E-state index in [4.69, 9.17) is 14.2 Å². The van der Waals surface area contributed by atoms with Crippen LogP contribution in [0, 0.1) is 5.82 Å². The van der Waals surface area contributed by atoms with Crippen molar-refractivity contribution in [2.24, 2.45) is 0 Å². The number of nitrogens with zero attached hydrogens (tertiary/aromatic N) is 2. The third-order valence-corrected chi connectivity index (χ3v) is 8.11. The van der Waals surface area contributed by atoms with Crippen molar-refractivity contribution in [2.75, 3.05) is 52.7 Å². The summed E-state index contributed by atoms with van der Waals surface area (Å²) in [5, 5.41) is 2.81. The van der Waals surface area contributed by atoms with Gasteiger partial charge in [0.05, 0.1) is 18.1 Å². The Hall–Kier alpha value is -3.06. The molecule has 1 saturated heterocycles. The van der Waals surface area contributed by atoms with Gasteiger partial charge < -0.3 is 24.4 Å². The molecule has 39 heavy (non-hydrogen) atoms. The number of nitrogens with one attached hydrogen (secondary N) is 1. The van der Waals surface area contributed by atoms with Gasteiger partial charge in [0.1, 0.15) is 17.6 Å². The van der Waals surface area contributed by atoms with Crippen molar-refractivity contribution in [3.8, 4) is 5.75 Å². The Morgan fingerprint density at radius 1 is 1.10 bits per heavy atom. The van der Waals surface area contributed by atoms with Gasteiger partial charge in [0.25, 0.3) is 5.91 Å². The Bertz CT molecular complexity index is 1170. The normalized spacial score (nSPS) is 14.9. The molecule has 0 spiro atoms. The molecule has 12 heteroatoms. The number of benzene rings is 2. The van der Waals surface area contributed by atoms with Crippen molar-refractivity contribution >= 4 is 21.8 Å². The molecule has 0 bridgehead atoms. The van der Waals surface area contributed by atoms with Crippen LogP contribution in [0.5, 0.6) is 5.75 Å². The zero-order valence-corrected chi connectivity index (χ0v) is 23.1. The first-order valence-corrected chi connectivity index (χ1v) is 14.4. The fourth-order valence-electron chi connectivity index (χ4n) is 3.92. The fraction of sp³-hybridized carbons (Fsp3) is 0.481. The van der Waals surface area contributed by atoms with Gasteiger partial charge in [-0.05, 0) is 62.2 Å². The number of carbonyl (C=O) groups is 2. The molecule has 1 aliphatic heterocycles. The summed E-state index contributed by atoms with van der Waals surface area (Å²) in [7, 11) is -3.65. The molecule has 0 unspecified atom stereocenters. The summed E-state index contributed by atoms with van der Waals surface area (Å²) in [5.41, 5.74) is 0.651. The monoisotopic (exact) mass is 565 g/mol. The lowest BCUT2D eigenvalue weighted by Crippen LogP contribution is -2.49. The van der Waals surface area contributed by atoms with Crippen LogP contribution in [-0.4, -0.2) is 88.1 Å². The first-order valence-electron chi connectivity index (χ1n) is 12.9. The van der Waals surface area contributed by atoms with Crippen molar-refractivity contribution in [1.82, 2.24) is 14.5 Å². The second-order valence-electron chi connectivity index (χ2n) is 8.94. The van der Waals surface area contributed by atoms with Crippen molar-refractivity contribution in [3.63, 3.8) is 0 Å². The van der Waals surface area contributed by atoms with Crippen molar-refractivity contribution < 1.29 is 36.6 Å². The minimum Gasteiger partial charge on any atom is -0.484 e. The Kier molecular flexibility index (Phi) is 11.7. The van der Waals surface area contributed by atoms with E-state index in [-0.39, 0.29) is 37.0 Å². The second kappa shape index (κ2) is 14.9. The molecule has 1 N–H and O–H groups in total. The highest BCUT2D eigenvalue weighted by molar-refractivity contribution is 7.89. The van der Waals surface area contributed by atoms with Gasteiger partial charge >= 0.3 is 0 Å². The summed E-state index contributed by atoms with van der Waals surface area (Å²) in [6.07, 6.45) is 0.637. The van der Waals surface area contributed by atoms with E-state index in [9.17, 15) is 22.4 Å². The van der Waals surface area contributed by atoms with E-state index in [2.05, 4.69) is 5.32 Å². The quantitative estimate of drug-likeness (QED) is 0.349. The number of hydrogen-bond acceptors (Lipinski definition) is 7. The van der Waals surface area contributed by atoms with Crippen LogP contribution in [-0.2, 0) is 35.6 Å². The number of ether oxygens (including phenoxy) is 3. The van der Waals surface area contributed by atoms with Gasteiger partial charge in [-0.3, -0.25) is 9.59 Å². The highest BCUT2D eigenvalue weighted by Crippen LogP contribution is 2.21. The summed E-state index contributed by atoms with van der Waals surface area (Å²) in [5.74, 6) is -0.890. The molecular formula is C27H36FN3O7S. The number of morpholine rings is 1. The van der Waals surface area contributed by atoms with Crippen LogP contribution in [0.2, 0.25) is 0 Å². The summed E-state index contributed by atoms with van der Waals surface area (Å²) in [6.45, 7) is 5.99. The molecular weight excluding hydrogens is 529 g/mol. The van der Waals surface area contributed by atoms with Gasteiger partial charge in [0.15, 0.2) is 6.61 Å². The van der Waals surface area contributed by atoms with Gasteiger partial charge in [0.2, 0.25) is 15.9 Å². The molecule has 1 atom stereocenters. The molecule has 0 aromatic heterocycles. The molecule has 0 saturated carbocycles. The number of halogens is 1. The molecule has 1 fully saturated rings. The van der Waals surface area contributed by atoms with E-state index in [1.54, 1.807) is 19.1 Å². The van der Waals surface area contributed by atoms with Crippen LogP contribution in [0.1, 0.15) is 25.8 Å². The number of amides is 2. The Labute approximate surface area is 229 Å². The SMILES string of the molecule is CCOCCCNC(=O)[C@@H](C)N(Cc1ccc(F)cc1)C(=O)COc1ccc(S(=O)(=O)N2CCOCC2)cc1. The molecule has 1 aliphatic rings. The van der Waals surface area contributed by atoms with Crippen LogP contribution in [0.25, 0.3) is 0 Å². The first kappa shape index (κ1) is 30.5. The predicted molar refractivity (Wildman–Crippen MR) is 142 cm³/mol. The van der Waals surface area contributed by atoms with Crippen LogP contribution in [0.3, 0.4) is 0 Å². The van der Waals surface area contributed by atoms with E-state index < -0.39 is 27.8 Å². The largest absolute Gasteiger partial charge is 0.484 e. The van der Waals surface area contributed by atoms with Gasteiger partial charge in [0, 0.05) is 39.4 Å². The number of sulfonamides is 1. The van der Waals surface area contributed by atoms with Gasteiger partial charge in [-0.1, -0.05) is 12.1 Å². The first-order chi connectivity index (χ1) is 18.7. The minimum atomic E-state index is -3.65. The van der Waals surface area contributed by atoms with Gasteiger partial charge in [-0.15, -0.1) is 0 Å². The van der Waals surface area contributed by atoms with Gasteiger partial charge in [-0.25, -0.2) is 12.8 Å². The average molecular weight is 566 g/mol. The molecule has 2 amide bonds. The second-order valence-corrected chi connectivity index (χ2v) is 10.9. The van der Waals surface area contributed by atoms with Crippen LogP contribution < -0.4 is 10.1 Å². The highest BCUT2D eigenvalue weighted by atomic mass is 32.2. The summed E-state index contributed by atoms with van der Waals surface area (Å²) < 4.78 is 56.5. The zero-order chi connectivity index (χ0) is 28.3. The molecule has 0 aliphatic carbocycles. The van der Waals surface area contributed by atoms with E-state index in [1.807, 2.05) is 6.92 Å². The maximum atomic E-state index is 13.4. The summed E-state index contributed by atoms with van der Waals surface area (Å²) >= 11 is 0. The maximum absolute atomic E-state index is 13.4. The van der Waals surface area contributed by atoms with Crippen LogP contribution in [0.15, 0.2) is 53.4 Å². The molecule has 2 aromatic carbocycles. The Morgan fingerprint density at radius 3 is 2.41 bits per heavy atom. The van der Waals surface area contributed by atoms with E-state index >= 15 is 0 Å². The minimum absolute atomic E-state index is 0.0761. The number of hydrogen-bond donors (Lipinski definition) is 1. The van der Waals surface area contributed by atoms with Crippen molar-refractivity contribution in [1.29, 1.82) is 0 Å². The highest BCUT2D eigenvalue weighted by Gasteiger charge is 2.28. The summed E-state index contributed by atoms with van der Waals surface area (Å²) in [6, 6.07) is 10.7. The standard InChI is InChI=1S/C27H36FN3O7S/c1-3-36-16-4-13-29-27(33)21(2)31(19-22-5-7-23(28)8-6-22)26(32)20-38-24-9-11-25(12-10-24)39(34,35)30-14-17-37-18-15-30/h5-12,21H,3-4,13-20H2,1-2H3,(H,29,33)/t21-/m1/s1. The maximum Gasteiger partial charge on any atom is 0.261 e. The topological polar surface area (TPSA) is 114 Å². The van der Waals surface area contributed by atoms with Crippen LogP contribution >= 0.6 is 0 Å². The van der Waals surface area contributed by atoms with Crippen molar-refractivity contribution in [3.05, 3.63) is 59.9 Å². The lowest BCUT2D eigenvalue weighted by molar-refractivity contribution is -0.142. The molecule has 214 valence electrons. The zero-order valence-electron chi connectivity index (χ0n) is 22.3. The number of rotatable bonds is 14. The molecule has 10 nitrogen and oxygen atoms in total. The van der Waals surface area contributed by atoms with E-state index in [0.717, 1.165) is 0 Å². The van der Waals surface area contributed by atoms with Crippen LogP contribution in [0.4, 0.5) is 4.39 Å². The van der Waals surface area contributed by atoms with E-state index in [0.29, 0.717) is 50.7 Å². The lowest BCUT2D eigenvalue weighted by Gasteiger charge is -2.29. The molecule has 2 aromatic rings. The smallest absolute Gasteiger partial charge is 0.261 e. The predicted octanol–water partition coefficient (Wildman–Crippen LogP) is 2.19.